The second-order valence-electron chi connectivity index (χ2n) is 7.47. The van der Waals surface area contributed by atoms with Crippen molar-refractivity contribution in [2.75, 3.05) is 0 Å². The summed E-state index contributed by atoms with van der Waals surface area (Å²) in [5, 5.41) is 3.92. The topological polar surface area (TPSA) is 61.6 Å². The minimum Gasteiger partial charge on any atom is -0.489 e. The molecule has 1 aromatic heterocycles. The number of nitrogens with zero attached hydrogens (tertiary/aromatic N) is 1. The first-order valence-corrected chi connectivity index (χ1v) is 9.80. The molecule has 152 valence electrons. The number of carbonyl (C=O) groups excluding carboxylic acids is 1. The summed E-state index contributed by atoms with van der Waals surface area (Å²) < 4.78 is 16.3. The molecular weight excluding hydrogens is 366 g/mol. The van der Waals surface area contributed by atoms with Crippen LogP contribution in [0.25, 0.3) is 0 Å². The van der Waals surface area contributed by atoms with E-state index in [1.165, 1.54) is 5.56 Å². The lowest BCUT2D eigenvalue weighted by Crippen LogP contribution is -2.08. The van der Waals surface area contributed by atoms with Crippen LogP contribution in [0.5, 0.6) is 5.75 Å². The third kappa shape index (κ3) is 5.70. The van der Waals surface area contributed by atoms with Gasteiger partial charge >= 0.3 is 5.97 Å². The van der Waals surface area contributed by atoms with Crippen molar-refractivity contribution < 1.29 is 18.8 Å². The van der Waals surface area contributed by atoms with Crippen LogP contribution in [0.4, 0.5) is 0 Å². The van der Waals surface area contributed by atoms with E-state index in [1.54, 1.807) is 0 Å². The van der Waals surface area contributed by atoms with E-state index < -0.39 is 0 Å². The largest absolute Gasteiger partial charge is 0.489 e. The van der Waals surface area contributed by atoms with Crippen molar-refractivity contribution >= 4 is 5.97 Å². The number of hydrogen-bond acceptors (Lipinski definition) is 5. The Bertz CT molecular complexity index is 921. The average Bonchev–Trinajstić information content (AvgIpc) is 3.04. The molecule has 3 aromatic rings. The van der Waals surface area contributed by atoms with Gasteiger partial charge in [0.25, 0.3) is 0 Å². The van der Waals surface area contributed by atoms with Crippen molar-refractivity contribution in [1.82, 2.24) is 5.16 Å². The molecule has 29 heavy (non-hydrogen) atoms. The number of aryl methyl sites for hydroxylation is 2. The van der Waals surface area contributed by atoms with Crippen molar-refractivity contribution in [2.45, 2.75) is 53.2 Å². The number of benzene rings is 2. The predicted octanol–water partition coefficient (Wildman–Crippen LogP) is 5.28. The molecule has 0 N–H and O–H groups in total. The number of aromatic nitrogens is 1. The number of ether oxygens (including phenoxy) is 2. The summed E-state index contributed by atoms with van der Waals surface area (Å²) in [7, 11) is 0. The van der Waals surface area contributed by atoms with Gasteiger partial charge in [-0.1, -0.05) is 55.4 Å². The van der Waals surface area contributed by atoms with Gasteiger partial charge in [0, 0.05) is 0 Å². The lowest BCUT2D eigenvalue weighted by molar-refractivity contribution is -0.144. The Balaban J connectivity index is 1.47. The summed E-state index contributed by atoms with van der Waals surface area (Å²) in [5.74, 6) is 1.73. The molecule has 0 saturated heterocycles. The van der Waals surface area contributed by atoms with Crippen molar-refractivity contribution in [3.8, 4) is 5.75 Å². The molecule has 0 amide bonds. The smallest absolute Gasteiger partial charge is 0.310 e. The standard InChI is InChI=1S/C24H27NO4/c1-16(2)21-9-5-20(6-10-21)14-28-24(26)13-19-7-11-22(12-8-19)27-15-23-17(3)25-29-18(23)4/h5-12,16H,13-15H2,1-4H3. The maximum absolute atomic E-state index is 12.1. The van der Waals surface area contributed by atoms with Crippen LogP contribution in [0.2, 0.25) is 0 Å². The molecule has 0 spiro atoms. The molecule has 0 aliphatic rings. The van der Waals surface area contributed by atoms with Crippen LogP contribution in [0.15, 0.2) is 53.1 Å². The normalized spacial score (nSPS) is 10.9. The zero-order valence-electron chi connectivity index (χ0n) is 17.4. The van der Waals surface area contributed by atoms with E-state index in [9.17, 15) is 4.79 Å². The molecule has 0 aliphatic carbocycles. The molecular formula is C24H27NO4. The van der Waals surface area contributed by atoms with E-state index in [0.29, 0.717) is 12.5 Å². The van der Waals surface area contributed by atoms with E-state index in [2.05, 4.69) is 31.1 Å². The van der Waals surface area contributed by atoms with Gasteiger partial charge in [0.2, 0.25) is 0 Å². The first kappa shape index (κ1) is 20.6. The molecule has 0 atom stereocenters. The summed E-state index contributed by atoms with van der Waals surface area (Å²) in [6, 6.07) is 15.6. The Hall–Kier alpha value is -3.08. The van der Waals surface area contributed by atoms with E-state index in [4.69, 9.17) is 14.0 Å². The highest BCUT2D eigenvalue weighted by Gasteiger charge is 2.10. The molecule has 0 aliphatic heterocycles. The van der Waals surface area contributed by atoms with Gasteiger partial charge in [-0.3, -0.25) is 4.79 Å². The Morgan fingerprint density at radius 3 is 2.21 bits per heavy atom. The highest BCUT2D eigenvalue weighted by atomic mass is 16.5. The van der Waals surface area contributed by atoms with Gasteiger partial charge in [-0.05, 0) is 48.6 Å². The van der Waals surface area contributed by atoms with Crippen molar-refractivity contribution in [1.29, 1.82) is 0 Å². The summed E-state index contributed by atoms with van der Waals surface area (Å²) in [4.78, 5) is 12.1. The highest BCUT2D eigenvalue weighted by molar-refractivity contribution is 5.72. The Morgan fingerprint density at radius 2 is 1.62 bits per heavy atom. The fourth-order valence-corrected chi connectivity index (χ4v) is 2.95. The average molecular weight is 393 g/mol. The molecule has 5 heteroatoms. The Morgan fingerprint density at radius 1 is 0.966 bits per heavy atom. The molecule has 5 nitrogen and oxygen atoms in total. The maximum atomic E-state index is 12.1. The highest BCUT2D eigenvalue weighted by Crippen LogP contribution is 2.19. The zero-order chi connectivity index (χ0) is 20.8. The zero-order valence-corrected chi connectivity index (χ0v) is 17.4. The molecule has 0 unspecified atom stereocenters. The molecule has 0 radical (unpaired) electrons. The van der Waals surface area contributed by atoms with Gasteiger partial charge in [-0.25, -0.2) is 0 Å². The van der Waals surface area contributed by atoms with Gasteiger partial charge in [0.15, 0.2) is 0 Å². The van der Waals surface area contributed by atoms with E-state index in [-0.39, 0.29) is 19.0 Å². The van der Waals surface area contributed by atoms with Crippen LogP contribution in [-0.4, -0.2) is 11.1 Å². The number of hydrogen-bond donors (Lipinski definition) is 0. The molecule has 1 heterocycles. The summed E-state index contributed by atoms with van der Waals surface area (Å²) in [6.07, 6.45) is 0.230. The van der Waals surface area contributed by atoms with Crippen molar-refractivity contribution in [3.05, 3.63) is 82.2 Å². The SMILES string of the molecule is Cc1noc(C)c1COc1ccc(CC(=O)OCc2ccc(C(C)C)cc2)cc1. The van der Waals surface area contributed by atoms with E-state index >= 15 is 0 Å². The Labute approximate surface area is 171 Å². The number of rotatable bonds is 8. The summed E-state index contributed by atoms with van der Waals surface area (Å²) >= 11 is 0. The van der Waals surface area contributed by atoms with Crippen LogP contribution in [0.1, 0.15) is 53.5 Å². The quantitative estimate of drug-likeness (QED) is 0.487. The number of carbonyl (C=O) groups is 1. The lowest BCUT2D eigenvalue weighted by atomic mass is 10.0. The van der Waals surface area contributed by atoms with Crippen LogP contribution < -0.4 is 4.74 Å². The fraction of sp³-hybridized carbons (Fsp3) is 0.333. The van der Waals surface area contributed by atoms with Crippen LogP contribution in [0, 0.1) is 13.8 Å². The summed E-state index contributed by atoms with van der Waals surface area (Å²) in [6.45, 7) is 8.76. The summed E-state index contributed by atoms with van der Waals surface area (Å²) in [5.41, 5.74) is 4.94. The first-order valence-electron chi connectivity index (χ1n) is 9.80. The third-order valence-electron chi connectivity index (χ3n) is 4.88. The minimum absolute atomic E-state index is 0.230. The van der Waals surface area contributed by atoms with Gasteiger partial charge in [0.05, 0.1) is 17.7 Å². The second-order valence-corrected chi connectivity index (χ2v) is 7.47. The van der Waals surface area contributed by atoms with Crippen LogP contribution >= 0.6 is 0 Å². The predicted molar refractivity (Wildman–Crippen MR) is 111 cm³/mol. The molecule has 0 bridgehead atoms. The van der Waals surface area contributed by atoms with Crippen LogP contribution in [0.3, 0.4) is 0 Å². The molecule has 0 saturated carbocycles. The lowest BCUT2D eigenvalue weighted by Gasteiger charge is -2.09. The second kappa shape index (κ2) is 9.41. The van der Waals surface area contributed by atoms with Gasteiger partial charge in [0.1, 0.15) is 24.7 Å². The number of esters is 1. The van der Waals surface area contributed by atoms with Gasteiger partial charge in [-0.15, -0.1) is 0 Å². The van der Waals surface area contributed by atoms with E-state index in [0.717, 1.165) is 33.9 Å². The first-order chi connectivity index (χ1) is 13.9. The molecule has 0 fully saturated rings. The van der Waals surface area contributed by atoms with Crippen LogP contribution in [-0.2, 0) is 29.2 Å². The third-order valence-corrected chi connectivity index (χ3v) is 4.88. The maximum Gasteiger partial charge on any atom is 0.310 e. The van der Waals surface area contributed by atoms with Gasteiger partial charge < -0.3 is 14.0 Å². The molecule has 3 rings (SSSR count). The molecule has 2 aromatic carbocycles. The Kier molecular flexibility index (Phi) is 6.70. The minimum atomic E-state index is -0.248. The monoisotopic (exact) mass is 393 g/mol. The van der Waals surface area contributed by atoms with Crippen molar-refractivity contribution in [3.63, 3.8) is 0 Å². The van der Waals surface area contributed by atoms with Gasteiger partial charge in [-0.2, -0.15) is 0 Å². The van der Waals surface area contributed by atoms with Crippen molar-refractivity contribution in [2.24, 2.45) is 0 Å². The van der Waals surface area contributed by atoms with E-state index in [1.807, 2.05) is 50.2 Å². The fourth-order valence-electron chi connectivity index (χ4n) is 2.95.